The van der Waals surface area contributed by atoms with Crippen molar-refractivity contribution in [2.45, 2.75) is 17.9 Å². The van der Waals surface area contributed by atoms with Crippen LogP contribution in [0.3, 0.4) is 0 Å². The van der Waals surface area contributed by atoms with E-state index in [9.17, 15) is 8.42 Å². The van der Waals surface area contributed by atoms with Gasteiger partial charge < -0.3 is 14.8 Å². The quantitative estimate of drug-likeness (QED) is 0.490. The van der Waals surface area contributed by atoms with Gasteiger partial charge in [-0.05, 0) is 48.4 Å². The van der Waals surface area contributed by atoms with Crippen LogP contribution in [0, 0.1) is 0 Å². The number of sulfonamides is 1. The zero-order chi connectivity index (χ0) is 19.0. The number of hydrogen-bond donors (Lipinski definition) is 2. The fraction of sp³-hybridized carbons (Fsp3) is 0.263. The molecule has 2 aromatic rings. The molecule has 26 heavy (non-hydrogen) atoms. The number of nitrogens with two attached hydrogens (primary N) is 1. The molecule has 2 aromatic carbocycles. The lowest BCUT2D eigenvalue weighted by Crippen LogP contribution is -2.17. The zero-order valence-electron chi connectivity index (χ0n) is 14.8. The molecule has 140 valence electrons. The molecular weight excluding hydrogens is 352 g/mol. The molecule has 0 unspecified atom stereocenters. The summed E-state index contributed by atoms with van der Waals surface area (Å²) in [5.74, 6) is 1.37. The summed E-state index contributed by atoms with van der Waals surface area (Å²) in [6.45, 7) is 5.50. The molecule has 0 fully saturated rings. The van der Waals surface area contributed by atoms with Crippen LogP contribution in [0.15, 0.2) is 60.0 Å². The second kappa shape index (κ2) is 9.38. The number of benzene rings is 2. The van der Waals surface area contributed by atoms with E-state index in [1.165, 1.54) is 12.1 Å². The monoisotopic (exact) mass is 376 g/mol. The molecule has 0 aliphatic heterocycles. The Hall–Kier alpha value is -2.35. The van der Waals surface area contributed by atoms with Crippen LogP contribution in [-0.4, -0.2) is 28.7 Å². The minimum Gasteiger partial charge on any atom is -0.493 e. The third kappa shape index (κ3) is 5.87. The summed E-state index contributed by atoms with van der Waals surface area (Å²) in [7, 11) is -2.03. The lowest BCUT2D eigenvalue weighted by atomic mass is 10.1. The van der Waals surface area contributed by atoms with Crippen molar-refractivity contribution in [3.05, 3.63) is 66.2 Å². The van der Waals surface area contributed by atoms with E-state index in [-0.39, 0.29) is 4.90 Å². The fourth-order valence-corrected chi connectivity index (χ4v) is 2.92. The molecule has 0 amide bonds. The Labute approximate surface area is 154 Å². The van der Waals surface area contributed by atoms with Crippen molar-refractivity contribution in [3.8, 4) is 11.5 Å². The molecule has 0 radical (unpaired) electrons. The van der Waals surface area contributed by atoms with Gasteiger partial charge in [-0.15, -0.1) is 0 Å². The Morgan fingerprint density at radius 3 is 2.42 bits per heavy atom. The maximum atomic E-state index is 11.2. The summed E-state index contributed by atoms with van der Waals surface area (Å²) in [5.41, 5.74) is 2.12. The highest BCUT2D eigenvalue weighted by atomic mass is 32.2. The van der Waals surface area contributed by atoms with Gasteiger partial charge in [0.25, 0.3) is 0 Å². The van der Waals surface area contributed by atoms with Crippen LogP contribution >= 0.6 is 0 Å². The number of nitrogens with one attached hydrogen (secondary N) is 1. The highest BCUT2D eigenvalue weighted by molar-refractivity contribution is 7.89. The Morgan fingerprint density at radius 2 is 1.81 bits per heavy atom. The third-order valence-electron chi connectivity index (χ3n) is 3.76. The smallest absolute Gasteiger partial charge is 0.238 e. The topological polar surface area (TPSA) is 90.6 Å². The molecule has 0 aliphatic rings. The van der Waals surface area contributed by atoms with Crippen LogP contribution in [0.4, 0.5) is 0 Å². The molecular formula is C19H24N2O4S. The number of ether oxygens (including phenoxy) is 2. The van der Waals surface area contributed by atoms with Crippen molar-refractivity contribution in [1.82, 2.24) is 5.32 Å². The van der Waals surface area contributed by atoms with Gasteiger partial charge in [-0.25, -0.2) is 13.6 Å². The predicted octanol–water partition coefficient (Wildman–Crippen LogP) is 2.24. The molecule has 0 heterocycles. The second-order valence-electron chi connectivity index (χ2n) is 5.70. The first kappa shape index (κ1) is 20.0. The summed E-state index contributed by atoms with van der Waals surface area (Å²) in [4.78, 5) is 0.125. The van der Waals surface area contributed by atoms with Gasteiger partial charge in [0.05, 0.1) is 12.0 Å². The summed E-state index contributed by atoms with van der Waals surface area (Å²) in [6.07, 6.45) is 2.47. The van der Waals surface area contributed by atoms with E-state index in [0.717, 1.165) is 24.1 Å². The third-order valence-corrected chi connectivity index (χ3v) is 4.69. The minimum absolute atomic E-state index is 0.125. The van der Waals surface area contributed by atoms with Gasteiger partial charge in [0, 0.05) is 6.54 Å². The number of primary sulfonamides is 1. The highest BCUT2D eigenvalue weighted by Gasteiger charge is 2.07. The highest BCUT2D eigenvalue weighted by Crippen LogP contribution is 2.28. The van der Waals surface area contributed by atoms with Crippen LogP contribution in [0.2, 0.25) is 0 Å². The van der Waals surface area contributed by atoms with Gasteiger partial charge in [0.15, 0.2) is 11.5 Å². The minimum atomic E-state index is -3.64. The van der Waals surface area contributed by atoms with Crippen molar-refractivity contribution < 1.29 is 17.9 Å². The van der Waals surface area contributed by atoms with Crippen LogP contribution < -0.4 is 19.9 Å². The molecule has 0 aliphatic carbocycles. The Bertz CT molecular complexity index is 833. The normalized spacial score (nSPS) is 11.2. The Morgan fingerprint density at radius 1 is 1.12 bits per heavy atom. The zero-order valence-corrected chi connectivity index (χ0v) is 15.6. The van der Waals surface area contributed by atoms with Crippen molar-refractivity contribution in [2.75, 3.05) is 20.3 Å². The first-order valence-electron chi connectivity index (χ1n) is 8.17. The Balaban J connectivity index is 1.85. The SMILES string of the molecule is C=CCOc1ccc(CNCCc2ccc(S(N)(=O)=O)cc2)cc1OC. The van der Waals surface area contributed by atoms with Crippen molar-refractivity contribution in [3.63, 3.8) is 0 Å². The largest absolute Gasteiger partial charge is 0.493 e. The van der Waals surface area contributed by atoms with Gasteiger partial charge in [-0.1, -0.05) is 30.9 Å². The number of rotatable bonds is 10. The van der Waals surface area contributed by atoms with E-state index < -0.39 is 10.0 Å². The summed E-state index contributed by atoms with van der Waals surface area (Å²) in [5, 5.41) is 8.44. The fourth-order valence-electron chi connectivity index (χ4n) is 2.40. The standard InChI is InChI=1S/C19H24N2O4S/c1-3-12-25-18-9-6-16(13-19(18)24-2)14-21-11-10-15-4-7-17(8-5-15)26(20,22)23/h3-9,13,21H,1,10-12,14H2,2H3,(H2,20,22,23). The molecule has 0 spiro atoms. The molecule has 0 aromatic heterocycles. The van der Waals surface area contributed by atoms with Crippen molar-refractivity contribution in [2.24, 2.45) is 5.14 Å². The first-order chi connectivity index (χ1) is 12.4. The molecule has 2 rings (SSSR count). The van der Waals surface area contributed by atoms with E-state index in [0.29, 0.717) is 24.7 Å². The molecule has 0 saturated carbocycles. The van der Waals surface area contributed by atoms with Gasteiger partial charge in [0.2, 0.25) is 10.0 Å². The summed E-state index contributed by atoms with van der Waals surface area (Å²) in [6, 6.07) is 12.4. The van der Waals surface area contributed by atoms with Gasteiger partial charge in [-0.2, -0.15) is 0 Å². The summed E-state index contributed by atoms with van der Waals surface area (Å²) >= 11 is 0. The summed E-state index contributed by atoms with van der Waals surface area (Å²) < 4.78 is 33.4. The van der Waals surface area contributed by atoms with E-state index in [1.54, 1.807) is 25.3 Å². The molecule has 0 saturated heterocycles. The van der Waals surface area contributed by atoms with E-state index in [1.807, 2.05) is 18.2 Å². The second-order valence-corrected chi connectivity index (χ2v) is 7.26. The average molecular weight is 376 g/mol. The molecule has 7 heteroatoms. The maximum absolute atomic E-state index is 11.2. The number of hydrogen-bond acceptors (Lipinski definition) is 5. The van der Waals surface area contributed by atoms with Crippen molar-refractivity contribution >= 4 is 10.0 Å². The average Bonchev–Trinajstić information content (AvgIpc) is 2.63. The maximum Gasteiger partial charge on any atom is 0.238 e. The van der Waals surface area contributed by atoms with Crippen LogP contribution in [0.25, 0.3) is 0 Å². The van der Waals surface area contributed by atoms with Gasteiger partial charge in [0.1, 0.15) is 6.61 Å². The lowest BCUT2D eigenvalue weighted by molar-refractivity contribution is 0.326. The predicted molar refractivity (Wildman–Crippen MR) is 102 cm³/mol. The van der Waals surface area contributed by atoms with E-state index >= 15 is 0 Å². The Kier molecular flexibility index (Phi) is 7.20. The van der Waals surface area contributed by atoms with Crippen LogP contribution in [0.1, 0.15) is 11.1 Å². The molecule has 6 nitrogen and oxygen atoms in total. The lowest BCUT2D eigenvalue weighted by Gasteiger charge is -2.11. The van der Waals surface area contributed by atoms with Crippen molar-refractivity contribution in [1.29, 1.82) is 0 Å². The van der Waals surface area contributed by atoms with Gasteiger partial charge >= 0.3 is 0 Å². The van der Waals surface area contributed by atoms with E-state index in [4.69, 9.17) is 14.6 Å². The van der Waals surface area contributed by atoms with Crippen LogP contribution in [-0.2, 0) is 23.0 Å². The number of methoxy groups -OCH3 is 1. The van der Waals surface area contributed by atoms with Gasteiger partial charge in [-0.3, -0.25) is 0 Å². The molecule has 0 bridgehead atoms. The van der Waals surface area contributed by atoms with Crippen LogP contribution in [0.5, 0.6) is 11.5 Å². The first-order valence-corrected chi connectivity index (χ1v) is 9.71. The van der Waals surface area contributed by atoms with E-state index in [2.05, 4.69) is 11.9 Å². The molecule has 0 atom stereocenters. The molecule has 3 N–H and O–H groups in total.